The van der Waals surface area contributed by atoms with Crippen molar-refractivity contribution in [3.05, 3.63) is 109 Å². The Balaban J connectivity index is 0.000000149. The molecule has 5 aromatic carbocycles. The lowest BCUT2D eigenvalue weighted by Gasteiger charge is -2.04. The predicted molar refractivity (Wildman–Crippen MR) is 117 cm³/mol. The second kappa shape index (κ2) is 6.62. The minimum absolute atomic E-state index is 1.28. The first-order chi connectivity index (χ1) is 13.4. The van der Waals surface area contributed by atoms with Gasteiger partial charge in [0.05, 0.1) is 0 Å². The maximum atomic E-state index is 3.04. The molecule has 0 amide bonds. The molecule has 6 aromatic rings. The Hall–Kier alpha value is -3.58. The number of H-pyrrole nitrogens is 1. The molecule has 0 aliphatic heterocycles. The van der Waals surface area contributed by atoms with Crippen LogP contribution >= 0.6 is 0 Å². The van der Waals surface area contributed by atoms with Gasteiger partial charge in [-0.15, -0.1) is 0 Å². The van der Waals surface area contributed by atoms with Gasteiger partial charge in [0.2, 0.25) is 0 Å². The van der Waals surface area contributed by atoms with Crippen LogP contribution in [0.15, 0.2) is 109 Å². The summed E-state index contributed by atoms with van der Waals surface area (Å²) in [6.07, 6.45) is 3.99. The van der Waals surface area contributed by atoms with Crippen LogP contribution in [0.25, 0.3) is 43.1 Å². The van der Waals surface area contributed by atoms with Gasteiger partial charge in [-0.3, -0.25) is 0 Å². The normalized spacial score (nSPS) is 11.0. The van der Waals surface area contributed by atoms with Crippen molar-refractivity contribution in [1.82, 2.24) is 4.98 Å². The maximum absolute atomic E-state index is 3.04. The van der Waals surface area contributed by atoms with E-state index >= 15 is 0 Å². The van der Waals surface area contributed by atoms with Gasteiger partial charge in [0.15, 0.2) is 0 Å². The molecule has 1 aromatic heterocycles. The van der Waals surface area contributed by atoms with E-state index in [0.717, 1.165) is 0 Å². The second-order valence-electron chi connectivity index (χ2n) is 6.83. The zero-order valence-electron chi connectivity index (χ0n) is 14.9. The predicted octanol–water partition coefficient (Wildman–Crippen LogP) is 7.31. The van der Waals surface area contributed by atoms with Crippen molar-refractivity contribution >= 4 is 43.1 Å². The molecular formula is C26H19N. The van der Waals surface area contributed by atoms with Crippen molar-refractivity contribution in [3.63, 3.8) is 0 Å². The third kappa shape index (κ3) is 3.04. The molecule has 0 unspecified atom stereocenters. The summed E-state index contributed by atoms with van der Waals surface area (Å²) in [4.78, 5) is 3.04. The molecular weight excluding hydrogens is 326 g/mol. The lowest BCUT2D eigenvalue weighted by atomic mass is 10.00. The molecule has 1 heteroatoms. The van der Waals surface area contributed by atoms with Crippen LogP contribution in [0.4, 0.5) is 0 Å². The van der Waals surface area contributed by atoms with E-state index in [0.29, 0.717) is 0 Å². The molecule has 0 bridgehead atoms. The van der Waals surface area contributed by atoms with Crippen LogP contribution < -0.4 is 0 Å². The summed E-state index contributed by atoms with van der Waals surface area (Å²) in [5.74, 6) is 0. The van der Waals surface area contributed by atoms with Crippen molar-refractivity contribution < 1.29 is 0 Å². The van der Waals surface area contributed by atoms with Gasteiger partial charge in [-0.1, -0.05) is 72.8 Å². The highest BCUT2D eigenvalue weighted by molar-refractivity contribution is 6.04. The smallest absolute Gasteiger partial charge is 0.00843 e. The average molecular weight is 345 g/mol. The summed E-state index contributed by atoms with van der Waals surface area (Å²) in [5, 5.41) is 10.4. The van der Waals surface area contributed by atoms with Gasteiger partial charge in [0.1, 0.15) is 0 Å². The average Bonchev–Trinajstić information content (AvgIpc) is 3.20. The molecule has 0 fully saturated rings. The number of nitrogens with one attached hydrogen (secondary N) is 1. The largest absolute Gasteiger partial charge is 0.366 e. The molecule has 27 heavy (non-hydrogen) atoms. The fourth-order valence-corrected chi connectivity index (χ4v) is 3.63. The Bertz CT molecular complexity index is 1200. The van der Waals surface area contributed by atoms with Crippen LogP contribution in [0, 0.1) is 0 Å². The van der Waals surface area contributed by atoms with E-state index in [1.165, 1.54) is 43.1 Å². The zero-order valence-corrected chi connectivity index (χ0v) is 14.9. The zero-order chi connectivity index (χ0) is 18.1. The summed E-state index contributed by atoms with van der Waals surface area (Å²) in [5.41, 5.74) is 0. The standard InChI is InChI=1S/C18H12.C8H7N/c1-2-6-14-10-18-12-16-8-4-3-7-15(16)11-17(18)9-13(14)5-1;1-2-4-8-6-9-5-7(8)3-1/h1-12H;1-6,9H. The van der Waals surface area contributed by atoms with Gasteiger partial charge in [-0.05, 0) is 67.4 Å². The van der Waals surface area contributed by atoms with Crippen LogP contribution in [0.3, 0.4) is 0 Å². The summed E-state index contributed by atoms with van der Waals surface area (Å²) in [6, 6.07) is 34.4. The molecule has 0 aliphatic carbocycles. The van der Waals surface area contributed by atoms with Crippen LogP contribution in [0.2, 0.25) is 0 Å². The minimum atomic E-state index is 1.28. The third-order valence-electron chi connectivity index (χ3n) is 5.04. The van der Waals surface area contributed by atoms with E-state index in [1.807, 2.05) is 24.5 Å². The summed E-state index contributed by atoms with van der Waals surface area (Å²) < 4.78 is 0. The second-order valence-corrected chi connectivity index (χ2v) is 6.83. The number of fused-ring (bicyclic) bond motifs is 4. The van der Waals surface area contributed by atoms with Gasteiger partial charge in [-0.2, -0.15) is 0 Å². The Morgan fingerprint density at radius 1 is 0.333 bits per heavy atom. The molecule has 0 atom stereocenters. The SMILES string of the molecule is c1ccc2c[nH]cc2c1.c1ccc2cc3cc4ccccc4cc3cc2c1. The van der Waals surface area contributed by atoms with E-state index < -0.39 is 0 Å². The maximum Gasteiger partial charge on any atom is 0.00843 e. The van der Waals surface area contributed by atoms with Crippen LogP contribution in [-0.2, 0) is 0 Å². The Labute approximate surface area is 157 Å². The Morgan fingerprint density at radius 3 is 0.963 bits per heavy atom. The molecule has 1 nitrogen and oxygen atoms in total. The van der Waals surface area contributed by atoms with Gasteiger partial charge >= 0.3 is 0 Å². The van der Waals surface area contributed by atoms with Gasteiger partial charge in [0.25, 0.3) is 0 Å². The van der Waals surface area contributed by atoms with Gasteiger partial charge in [0, 0.05) is 12.4 Å². The minimum Gasteiger partial charge on any atom is -0.366 e. The molecule has 1 N–H and O–H groups in total. The Morgan fingerprint density at radius 2 is 0.630 bits per heavy atom. The molecule has 6 rings (SSSR count). The fourth-order valence-electron chi connectivity index (χ4n) is 3.63. The summed E-state index contributed by atoms with van der Waals surface area (Å²) >= 11 is 0. The van der Waals surface area contributed by atoms with Crippen LogP contribution in [0.1, 0.15) is 0 Å². The lowest BCUT2D eigenvalue weighted by molar-refractivity contribution is 1.43. The number of hydrogen-bond acceptors (Lipinski definition) is 0. The number of rotatable bonds is 0. The number of hydrogen-bond donors (Lipinski definition) is 1. The van der Waals surface area contributed by atoms with Gasteiger partial charge in [-0.25, -0.2) is 0 Å². The summed E-state index contributed by atoms with van der Waals surface area (Å²) in [7, 11) is 0. The first-order valence-corrected chi connectivity index (χ1v) is 9.20. The lowest BCUT2D eigenvalue weighted by Crippen LogP contribution is -1.78. The van der Waals surface area contributed by atoms with E-state index in [-0.39, 0.29) is 0 Å². The number of aromatic nitrogens is 1. The van der Waals surface area contributed by atoms with Crippen molar-refractivity contribution in [2.45, 2.75) is 0 Å². The van der Waals surface area contributed by atoms with Gasteiger partial charge < -0.3 is 4.98 Å². The van der Waals surface area contributed by atoms with Crippen LogP contribution in [0.5, 0.6) is 0 Å². The monoisotopic (exact) mass is 345 g/mol. The topological polar surface area (TPSA) is 15.8 Å². The van der Waals surface area contributed by atoms with Crippen LogP contribution in [-0.4, -0.2) is 4.98 Å². The van der Waals surface area contributed by atoms with Crippen molar-refractivity contribution in [2.75, 3.05) is 0 Å². The van der Waals surface area contributed by atoms with E-state index in [2.05, 4.69) is 89.9 Å². The summed E-state index contributed by atoms with van der Waals surface area (Å²) in [6.45, 7) is 0. The third-order valence-corrected chi connectivity index (χ3v) is 5.04. The molecule has 1 heterocycles. The fraction of sp³-hybridized carbons (Fsp3) is 0. The molecule has 128 valence electrons. The van der Waals surface area contributed by atoms with Crippen molar-refractivity contribution in [3.8, 4) is 0 Å². The number of benzene rings is 5. The molecule has 0 aliphatic rings. The number of aromatic amines is 1. The van der Waals surface area contributed by atoms with E-state index in [9.17, 15) is 0 Å². The molecule has 0 spiro atoms. The Kier molecular flexibility index (Phi) is 3.84. The van der Waals surface area contributed by atoms with E-state index in [1.54, 1.807) is 0 Å². The first kappa shape index (κ1) is 15.7. The van der Waals surface area contributed by atoms with E-state index in [4.69, 9.17) is 0 Å². The highest BCUT2D eigenvalue weighted by Gasteiger charge is 2.00. The highest BCUT2D eigenvalue weighted by Crippen LogP contribution is 2.27. The molecule has 0 saturated carbocycles. The first-order valence-electron chi connectivity index (χ1n) is 9.20. The quantitative estimate of drug-likeness (QED) is 0.278. The molecule has 0 saturated heterocycles. The highest BCUT2D eigenvalue weighted by atomic mass is 14.6. The van der Waals surface area contributed by atoms with Crippen molar-refractivity contribution in [2.24, 2.45) is 0 Å². The van der Waals surface area contributed by atoms with Crippen molar-refractivity contribution in [1.29, 1.82) is 0 Å². The molecule has 0 radical (unpaired) electrons.